The number of nitrogens with one attached hydrogen (secondary N) is 2. The Morgan fingerprint density at radius 2 is 1.85 bits per heavy atom. The fraction of sp³-hybridized carbons (Fsp3) is 0.474. The Kier molecular flexibility index (Phi) is 5.86. The number of sulfonamides is 1. The number of carbonyl (C=O) groups is 1. The smallest absolute Gasteiger partial charge is 0.263 e. The Morgan fingerprint density at radius 3 is 2.52 bits per heavy atom. The lowest BCUT2D eigenvalue weighted by Gasteiger charge is -2.22. The van der Waals surface area contributed by atoms with Crippen LogP contribution in [0.1, 0.15) is 58.6 Å². The van der Waals surface area contributed by atoms with E-state index in [2.05, 4.69) is 15.0 Å². The summed E-state index contributed by atoms with van der Waals surface area (Å²) in [7, 11) is -3.75. The quantitative estimate of drug-likeness (QED) is 0.786. The molecular weight excluding hydrogens is 382 g/mol. The van der Waals surface area contributed by atoms with Crippen LogP contribution in [0.4, 0.5) is 5.13 Å². The molecule has 1 amide bonds. The largest absolute Gasteiger partial charge is 0.349 e. The van der Waals surface area contributed by atoms with Crippen LogP contribution in [-0.4, -0.2) is 25.4 Å². The Morgan fingerprint density at radius 1 is 1.15 bits per heavy atom. The average Bonchev–Trinajstić information content (AvgIpc) is 2.95. The molecule has 1 saturated carbocycles. The third kappa shape index (κ3) is 4.68. The van der Waals surface area contributed by atoms with Gasteiger partial charge in [-0.3, -0.25) is 9.52 Å². The highest BCUT2D eigenvalue weighted by molar-refractivity contribution is 7.93. The number of benzene rings is 1. The van der Waals surface area contributed by atoms with Crippen molar-refractivity contribution >= 4 is 32.4 Å². The van der Waals surface area contributed by atoms with Gasteiger partial charge in [-0.2, -0.15) is 0 Å². The molecule has 0 unspecified atom stereocenters. The third-order valence-electron chi connectivity index (χ3n) is 4.78. The number of thiazole rings is 1. The molecule has 1 fully saturated rings. The van der Waals surface area contributed by atoms with Crippen molar-refractivity contribution in [2.24, 2.45) is 0 Å². The first kappa shape index (κ1) is 19.8. The Bertz CT molecular complexity index is 945. The van der Waals surface area contributed by atoms with Crippen molar-refractivity contribution in [1.29, 1.82) is 0 Å². The summed E-state index contributed by atoms with van der Waals surface area (Å²) in [5.41, 5.74) is 2.20. The molecule has 3 rings (SSSR count). The Labute approximate surface area is 164 Å². The van der Waals surface area contributed by atoms with Gasteiger partial charge in [0.2, 0.25) is 0 Å². The minimum absolute atomic E-state index is 0.172. The van der Waals surface area contributed by atoms with E-state index in [1.165, 1.54) is 6.42 Å². The molecule has 1 aromatic heterocycles. The normalized spacial score (nSPS) is 15.5. The highest BCUT2D eigenvalue weighted by Gasteiger charge is 2.23. The maximum absolute atomic E-state index is 12.7. The van der Waals surface area contributed by atoms with Crippen molar-refractivity contribution < 1.29 is 13.2 Å². The van der Waals surface area contributed by atoms with Crippen molar-refractivity contribution in [2.45, 2.75) is 63.8 Å². The Balaban J connectivity index is 1.76. The van der Waals surface area contributed by atoms with Crippen LogP contribution in [-0.2, 0) is 10.0 Å². The highest BCUT2D eigenvalue weighted by Crippen LogP contribution is 2.27. The summed E-state index contributed by atoms with van der Waals surface area (Å²) in [5.74, 6) is -0.172. The van der Waals surface area contributed by atoms with E-state index in [9.17, 15) is 13.2 Å². The first-order chi connectivity index (χ1) is 12.8. The zero-order valence-electron chi connectivity index (χ0n) is 15.8. The topological polar surface area (TPSA) is 88.2 Å². The number of rotatable bonds is 5. The van der Waals surface area contributed by atoms with Crippen LogP contribution in [0.3, 0.4) is 0 Å². The van der Waals surface area contributed by atoms with Gasteiger partial charge in [-0.05, 0) is 45.2 Å². The number of carbonyl (C=O) groups excluding carboxylic acids is 1. The molecule has 0 radical (unpaired) electrons. The van der Waals surface area contributed by atoms with Gasteiger partial charge >= 0.3 is 0 Å². The molecule has 8 heteroatoms. The fourth-order valence-electron chi connectivity index (χ4n) is 3.42. The predicted molar refractivity (Wildman–Crippen MR) is 108 cm³/mol. The van der Waals surface area contributed by atoms with Crippen molar-refractivity contribution in [2.75, 3.05) is 4.72 Å². The lowest BCUT2D eigenvalue weighted by Crippen LogP contribution is -2.36. The van der Waals surface area contributed by atoms with Gasteiger partial charge in [0.05, 0.1) is 10.6 Å². The number of hydrogen-bond acceptors (Lipinski definition) is 5. The monoisotopic (exact) mass is 407 g/mol. The number of hydrogen-bond donors (Lipinski definition) is 2. The van der Waals surface area contributed by atoms with E-state index in [-0.39, 0.29) is 22.0 Å². The molecule has 0 saturated heterocycles. The maximum Gasteiger partial charge on any atom is 0.263 e. The summed E-state index contributed by atoms with van der Waals surface area (Å²) in [6.07, 6.45) is 5.48. The molecule has 0 atom stereocenters. The third-order valence-corrected chi connectivity index (χ3v) is 7.48. The second-order valence-electron chi connectivity index (χ2n) is 7.12. The van der Waals surface area contributed by atoms with Crippen molar-refractivity contribution in [3.05, 3.63) is 39.9 Å². The Hall–Kier alpha value is -1.93. The van der Waals surface area contributed by atoms with Crippen LogP contribution in [0, 0.1) is 20.8 Å². The number of amides is 1. The average molecular weight is 408 g/mol. The first-order valence-electron chi connectivity index (χ1n) is 9.14. The second-order valence-corrected chi connectivity index (χ2v) is 9.77. The number of aryl methyl sites for hydroxylation is 3. The zero-order chi connectivity index (χ0) is 19.6. The summed E-state index contributed by atoms with van der Waals surface area (Å²) < 4.78 is 27.9. The van der Waals surface area contributed by atoms with Gasteiger partial charge in [-0.1, -0.05) is 48.3 Å². The fourth-order valence-corrected chi connectivity index (χ4v) is 5.75. The van der Waals surface area contributed by atoms with E-state index < -0.39 is 10.0 Å². The highest BCUT2D eigenvalue weighted by atomic mass is 32.2. The van der Waals surface area contributed by atoms with Crippen LogP contribution in [0.15, 0.2) is 23.1 Å². The maximum atomic E-state index is 12.7. The van der Waals surface area contributed by atoms with Gasteiger partial charge in [-0.25, -0.2) is 13.4 Å². The van der Waals surface area contributed by atoms with Gasteiger partial charge in [0.25, 0.3) is 15.9 Å². The van der Waals surface area contributed by atoms with Gasteiger partial charge in [0, 0.05) is 6.04 Å². The minimum Gasteiger partial charge on any atom is -0.349 e. The van der Waals surface area contributed by atoms with Gasteiger partial charge in [0.1, 0.15) is 4.88 Å². The van der Waals surface area contributed by atoms with Crippen molar-refractivity contribution in [1.82, 2.24) is 10.3 Å². The molecule has 1 aromatic carbocycles. The van der Waals surface area contributed by atoms with Crippen LogP contribution in [0.5, 0.6) is 0 Å². The summed E-state index contributed by atoms with van der Waals surface area (Å²) in [6.45, 7) is 5.40. The van der Waals surface area contributed by atoms with E-state index in [1.807, 2.05) is 13.0 Å². The molecule has 27 heavy (non-hydrogen) atoms. The number of aromatic nitrogens is 1. The second kappa shape index (κ2) is 7.98. The molecule has 1 aliphatic rings. The van der Waals surface area contributed by atoms with Crippen LogP contribution in [0.2, 0.25) is 0 Å². The van der Waals surface area contributed by atoms with E-state index in [0.717, 1.165) is 42.6 Å². The summed E-state index contributed by atoms with van der Waals surface area (Å²) >= 11 is 1.07. The molecule has 0 spiro atoms. The predicted octanol–water partition coefficient (Wildman–Crippen LogP) is 3.93. The molecule has 1 aliphatic carbocycles. The minimum atomic E-state index is -3.75. The summed E-state index contributed by atoms with van der Waals surface area (Å²) in [5, 5.41) is 3.26. The lowest BCUT2D eigenvalue weighted by atomic mass is 9.95. The molecule has 6 nitrogen and oxygen atoms in total. The van der Waals surface area contributed by atoms with Crippen LogP contribution < -0.4 is 10.0 Å². The summed E-state index contributed by atoms with van der Waals surface area (Å²) in [4.78, 5) is 17.5. The standard InChI is InChI=1S/C19H25N3O3S2/c1-12-9-10-16(13(2)11-12)27(24,25)22-19-20-14(3)17(26-19)18(23)21-15-7-5-4-6-8-15/h9-11,15H,4-8H2,1-3H3,(H,20,22)(H,21,23). The van der Waals surface area contributed by atoms with Crippen LogP contribution >= 0.6 is 11.3 Å². The molecule has 2 aromatic rings. The van der Waals surface area contributed by atoms with E-state index in [1.54, 1.807) is 26.0 Å². The van der Waals surface area contributed by atoms with Gasteiger partial charge < -0.3 is 5.32 Å². The van der Waals surface area contributed by atoms with Crippen molar-refractivity contribution in [3.63, 3.8) is 0 Å². The van der Waals surface area contributed by atoms with Crippen LogP contribution in [0.25, 0.3) is 0 Å². The molecule has 2 N–H and O–H groups in total. The molecule has 146 valence electrons. The van der Waals surface area contributed by atoms with Gasteiger partial charge in [0.15, 0.2) is 5.13 Å². The molecular formula is C19H25N3O3S2. The number of nitrogens with zero attached hydrogens (tertiary/aromatic N) is 1. The zero-order valence-corrected chi connectivity index (χ0v) is 17.5. The molecule has 0 bridgehead atoms. The first-order valence-corrected chi connectivity index (χ1v) is 11.4. The SMILES string of the molecule is Cc1ccc(S(=O)(=O)Nc2nc(C)c(C(=O)NC3CCCCC3)s2)c(C)c1. The molecule has 1 heterocycles. The van der Waals surface area contributed by atoms with E-state index in [0.29, 0.717) is 16.1 Å². The van der Waals surface area contributed by atoms with E-state index in [4.69, 9.17) is 0 Å². The lowest BCUT2D eigenvalue weighted by molar-refractivity contribution is 0.0931. The van der Waals surface area contributed by atoms with Crippen molar-refractivity contribution in [3.8, 4) is 0 Å². The van der Waals surface area contributed by atoms with Gasteiger partial charge in [-0.15, -0.1) is 0 Å². The summed E-state index contributed by atoms with van der Waals surface area (Å²) in [6, 6.07) is 5.37. The molecule has 0 aliphatic heterocycles. The number of anilines is 1. The van der Waals surface area contributed by atoms with E-state index >= 15 is 0 Å².